The Hall–Kier alpha value is -2.61. The number of ether oxygens (including phenoxy) is 1. The molecule has 2 aromatic carbocycles. The third-order valence-electron chi connectivity index (χ3n) is 4.96. The van der Waals surface area contributed by atoms with Gasteiger partial charge in [0.25, 0.3) is 0 Å². The number of rotatable bonds is 7. The number of carbonyl (C=O) groups is 1. The summed E-state index contributed by atoms with van der Waals surface area (Å²) in [6, 6.07) is 18.4. The Morgan fingerprint density at radius 3 is 2.46 bits per heavy atom. The standard InChI is InChI=1S/C24H26O2/c1-3-4-10-24(25)23-17-20(18-11-14-21(26-2)15-12-18)13-16-22(23)19-8-6-5-7-9-19/h5-9,11-15,17,22H,3-4,10,16H2,1-2H3. The second kappa shape index (κ2) is 8.66. The number of ketones is 1. The normalized spacial score (nSPS) is 16.6. The summed E-state index contributed by atoms with van der Waals surface area (Å²) in [7, 11) is 1.67. The smallest absolute Gasteiger partial charge is 0.159 e. The molecule has 134 valence electrons. The maximum atomic E-state index is 12.9. The fourth-order valence-electron chi connectivity index (χ4n) is 3.44. The summed E-state index contributed by atoms with van der Waals surface area (Å²) < 4.78 is 5.25. The van der Waals surface area contributed by atoms with Crippen molar-refractivity contribution in [1.29, 1.82) is 0 Å². The van der Waals surface area contributed by atoms with Crippen molar-refractivity contribution in [3.63, 3.8) is 0 Å². The van der Waals surface area contributed by atoms with Gasteiger partial charge in [0.1, 0.15) is 5.75 Å². The topological polar surface area (TPSA) is 26.3 Å². The van der Waals surface area contributed by atoms with Gasteiger partial charge in [0.2, 0.25) is 0 Å². The molecule has 2 nitrogen and oxygen atoms in total. The van der Waals surface area contributed by atoms with Gasteiger partial charge in [0.05, 0.1) is 7.11 Å². The molecule has 0 saturated carbocycles. The van der Waals surface area contributed by atoms with Crippen LogP contribution in [0.1, 0.15) is 49.7 Å². The minimum Gasteiger partial charge on any atom is -0.497 e. The first-order chi connectivity index (χ1) is 12.7. The van der Waals surface area contributed by atoms with Gasteiger partial charge in [0.15, 0.2) is 5.78 Å². The first-order valence-corrected chi connectivity index (χ1v) is 9.37. The van der Waals surface area contributed by atoms with Gasteiger partial charge in [-0.15, -0.1) is 0 Å². The quantitative estimate of drug-likeness (QED) is 0.619. The zero-order valence-electron chi connectivity index (χ0n) is 15.6. The van der Waals surface area contributed by atoms with E-state index in [1.807, 2.05) is 30.3 Å². The Labute approximate surface area is 156 Å². The predicted octanol–water partition coefficient (Wildman–Crippen LogP) is 5.95. The van der Waals surface area contributed by atoms with Crippen LogP contribution in [0, 0.1) is 0 Å². The number of benzene rings is 2. The van der Waals surface area contributed by atoms with E-state index in [0.29, 0.717) is 6.42 Å². The van der Waals surface area contributed by atoms with Gasteiger partial charge >= 0.3 is 0 Å². The molecule has 0 aromatic heterocycles. The Morgan fingerprint density at radius 1 is 1.08 bits per heavy atom. The van der Waals surface area contributed by atoms with Crippen LogP contribution in [0.5, 0.6) is 5.75 Å². The van der Waals surface area contributed by atoms with Gasteiger partial charge in [-0.25, -0.2) is 0 Å². The lowest BCUT2D eigenvalue weighted by atomic mass is 9.79. The number of allylic oxidation sites excluding steroid dienone is 4. The van der Waals surface area contributed by atoms with Crippen molar-refractivity contribution in [1.82, 2.24) is 0 Å². The molecule has 1 unspecified atom stereocenters. The van der Waals surface area contributed by atoms with E-state index >= 15 is 0 Å². The average Bonchev–Trinajstić information content (AvgIpc) is 2.72. The molecule has 2 aromatic rings. The summed E-state index contributed by atoms with van der Waals surface area (Å²) in [5.74, 6) is 1.28. The van der Waals surface area contributed by atoms with E-state index in [4.69, 9.17) is 4.74 Å². The van der Waals surface area contributed by atoms with Crippen LogP contribution in [0.3, 0.4) is 0 Å². The zero-order valence-corrected chi connectivity index (χ0v) is 15.6. The van der Waals surface area contributed by atoms with Crippen LogP contribution in [-0.4, -0.2) is 12.9 Å². The third kappa shape index (κ3) is 4.13. The third-order valence-corrected chi connectivity index (χ3v) is 4.96. The molecule has 1 aliphatic carbocycles. The highest BCUT2D eigenvalue weighted by Crippen LogP contribution is 2.37. The largest absolute Gasteiger partial charge is 0.497 e. The van der Waals surface area contributed by atoms with Gasteiger partial charge < -0.3 is 4.74 Å². The highest BCUT2D eigenvalue weighted by Gasteiger charge is 2.25. The maximum absolute atomic E-state index is 12.9. The van der Waals surface area contributed by atoms with E-state index in [9.17, 15) is 4.79 Å². The molecule has 2 heteroatoms. The molecule has 0 heterocycles. The average molecular weight is 346 g/mol. The SMILES string of the molecule is CCCCC(=O)C1=CC(c2ccc(OC)cc2)=CCC1c1ccccc1. The highest BCUT2D eigenvalue weighted by molar-refractivity contribution is 6.00. The van der Waals surface area contributed by atoms with E-state index in [2.05, 4.69) is 43.3 Å². The Morgan fingerprint density at radius 2 is 1.81 bits per heavy atom. The van der Waals surface area contributed by atoms with E-state index in [-0.39, 0.29) is 11.7 Å². The fourth-order valence-corrected chi connectivity index (χ4v) is 3.44. The number of Topliss-reactive ketones (excluding diaryl/α,β-unsaturated/α-hetero) is 1. The predicted molar refractivity (Wildman–Crippen MR) is 107 cm³/mol. The molecule has 26 heavy (non-hydrogen) atoms. The van der Waals surface area contributed by atoms with Crippen LogP contribution < -0.4 is 4.74 Å². The van der Waals surface area contributed by atoms with Crippen molar-refractivity contribution in [3.8, 4) is 5.75 Å². The zero-order chi connectivity index (χ0) is 18.4. The van der Waals surface area contributed by atoms with Gasteiger partial charge in [0, 0.05) is 17.9 Å². The molecule has 3 rings (SSSR count). The van der Waals surface area contributed by atoms with Crippen molar-refractivity contribution in [2.45, 2.75) is 38.5 Å². The first-order valence-electron chi connectivity index (χ1n) is 9.37. The van der Waals surface area contributed by atoms with Crippen LogP contribution in [0.15, 0.2) is 72.3 Å². The van der Waals surface area contributed by atoms with Crippen LogP contribution in [0.25, 0.3) is 5.57 Å². The first kappa shape index (κ1) is 18.2. The molecule has 0 bridgehead atoms. The molecule has 0 fully saturated rings. The van der Waals surface area contributed by atoms with Gasteiger partial charge in [-0.05, 0) is 47.8 Å². The maximum Gasteiger partial charge on any atom is 0.159 e. The number of methoxy groups -OCH3 is 1. The summed E-state index contributed by atoms with van der Waals surface area (Å²) in [6.07, 6.45) is 7.81. The molecule has 0 amide bonds. The van der Waals surface area contributed by atoms with E-state index < -0.39 is 0 Å². The minimum atomic E-state index is 0.155. The fraction of sp³-hybridized carbons (Fsp3) is 0.292. The summed E-state index contributed by atoms with van der Waals surface area (Å²) >= 11 is 0. The summed E-state index contributed by atoms with van der Waals surface area (Å²) in [5.41, 5.74) is 4.41. The van der Waals surface area contributed by atoms with Crippen molar-refractivity contribution in [2.24, 2.45) is 0 Å². The monoisotopic (exact) mass is 346 g/mol. The number of hydrogen-bond donors (Lipinski definition) is 0. The van der Waals surface area contributed by atoms with Crippen molar-refractivity contribution in [2.75, 3.05) is 7.11 Å². The molecular weight excluding hydrogens is 320 g/mol. The lowest BCUT2D eigenvalue weighted by Crippen LogP contribution is -2.14. The van der Waals surface area contributed by atoms with Crippen LogP contribution in [0.4, 0.5) is 0 Å². The van der Waals surface area contributed by atoms with Gasteiger partial charge in [-0.2, -0.15) is 0 Å². The van der Waals surface area contributed by atoms with Gasteiger partial charge in [-0.3, -0.25) is 4.79 Å². The molecule has 0 radical (unpaired) electrons. The van der Waals surface area contributed by atoms with E-state index in [1.54, 1.807) is 7.11 Å². The van der Waals surface area contributed by atoms with Crippen molar-refractivity contribution >= 4 is 11.4 Å². The van der Waals surface area contributed by atoms with E-state index in [0.717, 1.165) is 41.7 Å². The van der Waals surface area contributed by atoms with E-state index in [1.165, 1.54) is 5.56 Å². The van der Waals surface area contributed by atoms with Crippen LogP contribution in [-0.2, 0) is 4.79 Å². The number of unbranched alkanes of at least 4 members (excludes halogenated alkanes) is 1. The molecule has 0 aliphatic heterocycles. The molecule has 0 saturated heterocycles. The Bertz CT molecular complexity index is 798. The molecule has 0 spiro atoms. The summed E-state index contributed by atoms with van der Waals surface area (Å²) in [4.78, 5) is 12.9. The molecule has 1 atom stereocenters. The molecule has 1 aliphatic rings. The van der Waals surface area contributed by atoms with Crippen molar-refractivity contribution < 1.29 is 9.53 Å². The second-order valence-electron chi connectivity index (χ2n) is 6.71. The Balaban J connectivity index is 1.92. The molecule has 0 N–H and O–H groups in total. The summed E-state index contributed by atoms with van der Waals surface area (Å²) in [5, 5.41) is 0. The number of hydrogen-bond acceptors (Lipinski definition) is 2. The second-order valence-corrected chi connectivity index (χ2v) is 6.71. The minimum absolute atomic E-state index is 0.155. The van der Waals surface area contributed by atoms with Crippen LogP contribution >= 0.6 is 0 Å². The highest BCUT2D eigenvalue weighted by atomic mass is 16.5. The summed E-state index contributed by atoms with van der Waals surface area (Å²) in [6.45, 7) is 2.12. The van der Waals surface area contributed by atoms with Gasteiger partial charge in [-0.1, -0.05) is 61.9 Å². The Kier molecular flexibility index (Phi) is 6.06. The lowest BCUT2D eigenvalue weighted by Gasteiger charge is -2.24. The van der Waals surface area contributed by atoms with Crippen molar-refractivity contribution in [3.05, 3.63) is 83.4 Å². The molecular formula is C24H26O2. The lowest BCUT2D eigenvalue weighted by molar-refractivity contribution is -0.116. The number of carbonyl (C=O) groups excluding carboxylic acids is 1. The van der Waals surface area contributed by atoms with Crippen LogP contribution in [0.2, 0.25) is 0 Å².